The molecule has 162 valence electrons. The second kappa shape index (κ2) is 8.25. The molecule has 0 N–H and O–H groups in total. The maximum atomic E-state index is 12.6. The SMILES string of the molecule is COc1ccc(C(=O)N2CC[C@@H](Oc3ccc(-c4noc(C(F)(F)F)n4)cc3)C2)cn1. The number of nitrogens with zero attached hydrogens (tertiary/aromatic N) is 4. The molecule has 31 heavy (non-hydrogen) atoms. The maximum absolute atomic E-state index is 12.6. The minimum atomic E-state index is -4.69. The highest BCUT2D eigenvalue weighted by molar-refractivity contribution is 5.94. The Labute approximate surface area is 174 Å². The Bertz CT molecular complexity index is 1050. The van der Waals surface area contributed by atoms with Crippen LogP contribution in [0.25, 0.3) is 11.4 Å². The van der Waals surface area contributed by atoms with E-state index in [0.29, 0.717) is 42.3 Å². The molecule has 3 aromatic rings. The van der Waals surface area contributed by atoms with Gasteiger partial charge in [0.2, 0.25) is 11.7 Å². The average molecular weight is 434 g/mol. The quantitative estimate of drug-likeness (QED) is 0.608. The van der Waals surface area contributed by atoms with Crippen molar-refractivity contribution in [1.29, 1.82) is 0 Å². The maximum Gasteiger partial charge on any atom is 0.471 e. The molecule has 1 atom stereocenters. The number of carbonyl (C=O) groups excluding carboxylic acids is 1. The largest absolute Gasteiger partial charge is 0.489 e. The predicted molar refractivity (Wildman–Crippen MR) is 100 cm³/mol. The van der Waals surface area contributed by atoms with Crippen molar-refractivity contribution in [1.82, 2.24) is 20.0 Å². The van der Waals surface area contributed by atoms with Crippen LogP contribution in [-0.4, -0.2) is 52.2 Å². The first-order valence-electron chi connectivity index (χ1n) is 9.31. The van der Waals surface area contributed by atoms with Crippen LogP contribution in [0.2, 0.25) is 0 Å². The smallest absolute Gasteiger partial charge is 0.471 e. The molecule has 2 aromatic heterocycles. The summed E-state index contributed by atoms with van der Waals surface area (Å²) in [5, 5.41) is 3.35. The molecule has 1 fully saturated rings. The first kappa shape index (κ1) is 20.6. The minimum Gasteiger partial charge on any atom is -0.489 e. The standard InChI is InChI=1S/C20H17F3N4O4/c1-29-16-7-4-13(10-24-16)18(28)27-9-8-15(11-27)30-14-5-2-12(3-6-14)17-25-19(31-26-17)20(21,22)23/h2-7,10,15H,8-9,11H2,1H3/t15-/m1/s1. The Morgan fingerprint density at radius 2 is 1.97 bits per heavy atom. The third-order valence-corrected chi connectivity index (χ3v) is 4.71. The van der Waals surface area contributed by atoms with Crippen LogP contribution in [0.4, 0.5) is 13.2 Å². The van der Waals surface area contributed by atoms with Crippen LogP contribution < -0.4 is 9.47 Å². The number of halogens is 3. The molecule has 1 aliphatic heterocycles. The van der Waals surface area contributed by atoms with E-state index < -0.39 is 12.1 Å². The summed E-state index contributed by atoms with van der Waals surface area (Å²) in [5.74, 6) is -0.754. The molecule has 1 amide bonds. The fourth-order valence-corrected chi connectivity index (χ4v) is 3.15. The molecule has 1 saturated heterocycles. The molecule has 0 bridgehead atoms. The number of amides is 1. The first-order valence-corrected chi connectivity index (χ1v) is 9.31. The van der Waals surface area contributed by atoms with Crippen LogP contribution in [0.5, 0.6) is 11.6 Å². The highest BCUT2D eigenvalue weighted by Gasteiger charge is 2.38. The number of ether oxygens (including phenoxy) is 2. The van der Waals surface area contributed by atoms with Crippen molar-refractivity contribution >= 4 is 5.91 Å². The van der Waals surface area contributed by atoms with Crippen molar-refractivity contribution in [3.05, 3.63) is 54.0 Å². The Morgan fingerprint density at radius 1 is 1.19 bits per heavy atom. The van der Waals surface area contributed by atoms with E-state index in [1.165, 1.54) is 13.3 Å². The fourth-order valence-electron chi connectivity index (χ4n) is 3.15. The molecule has 0 unspecified atom stereocenters. The Hall–Kier alpha value is -3.63. The van der Waals surface area contributed by atoms with Crippen molar-refractivity contribution < 1.29 is 32.0 Å². The van der Waals surface area contributed by atoms with E-state index >= 15 is 0 Å². The summed E-state index contributed by atoms with van der Waals surface area (Å²) < 4.78 is 52.9. The van der Waals surface area contributed by atoms with E-state index in [1.54, 1.807) is 41.3 Å². The Balaban J connectivity index is 1.35. The summed E-state index contributed by atoms with van der Waals surface area (Å²) in [6.07, 6.45) is -2.78. The van der Waals surface area contributed by atoms with Crippen molar-refractivity contribution in [2.45, 2.75) is 18.7 Å². The van der Waals surface area contributed by atoms with E-state index in [-0.39, 0.29) is 17.8 Å². The number of carbonyl (C=O) groups is 1. The molecular weight excluding hydrogens is 417 g/mol. The first-order chi connectivity index (χ1) is 14.8. The van der Waals surface area contributed by atoms with Gasteiger partial charge in [-0.1, -0.05) is 5.16 Å². The van der Waals surface area contributed by atoms with Gasteiger partial charge in [0.1, 0.15) is 11.9 Å². The van der Waals surface area contributed by atoms with Gasteiger partial charge in [0.05, 0.1) is 19.2 Å². The normalized spacial score (nSPS) is 16.4. The van der Waals surface area contributed by atoms with Crippen LogP contribution in [0.15, 0.2) is 47.1 Å². The van der Waals surface area contributed by atoms with Gasteiger partial charge < -0.3 is 18.9 Å². The van der Waals surface area contributed by atoms with E-state index in [2.05, 4.69) is 19.6 Å². The number of hydrogen-bond acceptors (Lipinski definition) is 7. The summed E-state index contributed by atoms with van der Waals surface area (Å²) in [6.45, 7) is 0.948. The molecule has 1 aliphatic rings. The van der Waals surface area contributed by atoms with Crippen LogP contribution in [0.1, 0.15) is 22.7 Å². The third-order valence-electron chi connectivity index (χ3n) is 4.71. The zero-order valence-corrected chi connectivity index (χ0v) is 16.3. The summed E-state index contributed by atoms with van der Waals surface area (Å²) in [6, 6.07) is 9.58. The Kier molecular flexibility index (Phi) is 5.49. The van der Waals surface area contributed by atoms with Gasteiger partial charge >= 0.3 is 12.1 Å². The van der Waals surface area contributed by atoms with Crippen molar-refractivity contribution in [3.63, 3.8) is 0 Å². The topological polar surface area (TPSA) is 90.6 Å². The van der Waals surface area contributed by atoms with Crippen molar-refractivity contribution in [2.75, 3.05) is 20.2 Å². The zero-order valence-electron chi connectivity index (χ0n) is 16.3. The molecule has 3 heterocycles. The monoisotopic (exact) mass is 434 g/mol. The van der Waals surface area contributed by atoms with Gasteiger partial charge in [0, 0.05) is 30.8 Å². The van der Waals surface area contributed by atoms with Crippen molar-refractivity contribution in [3.8, 4) is 23.0 Å². The number of likely N-dealkylation sites (tertiary alicyclic amines) is 1. The number of benzene rings is 1. The predicted octanol–water partition coefficient (Wildman–Crippen LogP) is 3.45. The Morgan fingerprint density at radius 3 is 2.58 bits per heavy atom. The van der Waals surface area contributed by atoms with Crippen LogP contribution in [0, 0.1) is 0 Å². The molecule has 8 nitrogen and oxygen atoms in total. The van der Waals surface area contributed by atoms with Gasteiger partial charge in [-0.25, -0.2) is 4.98 Å². The lowest BCUT2D eigenvalue weighted by Gasteiger charge is -2.17. The molecule has 0 saturated carbocycles. The van der Waals surface area contributed by atoms with Gasteiger partial charge in [-0.05, 0) is 30.3 Å². The van der Waals surface area contributed by atoms with Crippen LogP contribution >= 0.6 is 0 Å². The molecule has 11 heteroatoms. The third kappa shape index (κ3) is 4.60. The highest BCUT2D eigenvalue weighted by Crippen LogP contribution is 2.30. The average Bonchev–Trinajstić information content (AvgIpc) is 3.44. The van der Waals surface area contributed by atoms with Crippen LogP contribution in [-0.2, 0) is 6.18 Å². The van der Waals surface area contributed by atoms with E-state index in [1.807, 2.05) is 0 Å². The number of pyridine rings is 1. The van der Waals surface area contributed by atoms with E-state index in [9.17, 15) is 18.0 Å². The van der Waals surface area contributed by atoms with E-state index in [0.717, 1.165) is 0 Å². The lowest BCUT2D eigenvalue weighted by atomic mass is 10.2. The molecule has 0 radical (unpaired) electrons. The molecule has 1 aromatic carbocycles. The second-order valence-corrected chi connectivity index (χ2v) is 6.81. The molecule has 0 spiro atoms. The molecule has 0 aliphatic carbocycles. The summed E-state index contributed by atoms with van der Waals surface area (Å²) in [4.78, 5) is 21.7. The minimum absolute atomic E-state index is 0.144. The van der Waals surface area contributed by atoms with E-state index in [4.69, 9.17) is 9.47 Å². The summed E-state index contributed by atoms with van der Waals surface area (Å²) in [5.41, 5.74) is 0.825. The van der Waals surface area contributed by atoms with Crippen molar-refractivity contribution in [2.24, 2.45) is 0 Å². The van der Waals surface area contributed by atoms with Gasteiger partial charge in [-0.3, -0.25) is 4.79 Å². The zero-order chi connectivity index (χ0) is 22.0. The molecule has 4 rings (SSSR count). The van der Waals surface area contributed by atoms with Gasteiger partial charge in [-0.2, -0.15) is 18.2 Å². The lowest BCUT2D eigenvalue weighted by molar-refractivity contribution is -0.159. The number of alkyl halides is 3. The number of hydrogen-bond donors (Lipinski definition) is 0. The van der Waals surface area contributed by atoms with Gasteiger partial charge in [0.25, 0.3) is 5.91 Å². The van der Waals surface area contributed by atoms with Gasteiger partial charge in [0.15, 0.2) is 0 Å². The van der Waals surface area contributed by atoms with Gasteiger partial charge in [-0.15, -0.1) is 0 Å². The highest BCUT2D eigenvalue weighted by atomic mass is 19.4. The number of rotatable bonds is 5. The number of aromatic nitrogens is 3. The summed E-state index contributed by atoms with van der Waals surface area (Å²) >= 11 is 0. The summed E-state index contributed by atoms with van der Waals surface area (Å²) in [7, 11) is 1.50. The lowest BCUT2D eigenvalue weighted by Crippen LogP contribution is -2.31. The fraction of sp³-hybridized carbons (Fsp3) is 0.300. The molecular formula is C20H17F3N4O4. The number of methoxy groups -OCH3 is 1. The van der Waals surface area contributed by atoms with Crippen LogP contribution in [0.3, 0.4) is 0 Å². The second-order valence-electron chi connectivity index (χ2n) is 6.81.